The van der Waals surface area contributed by atoms with Crippen LogP contribution in [0.3, 0.4) is 0 Å². The molecule has 0 spiro atoms. The number of guanidine groups is 1. The zero-order chi connectivity index (χ0) is 15.2. The van der Waals surface area contributed by atoms with Gasteiger partial charge in [0.15, 0.2) is 5.96 Å². The molecule has 0 atom stereocenters. The van der Waals surface area contributed by atoms with E-state index in [2.05, 4.69) is 34.5 Å². The van der Waals surface area contributed by atoms with Crippen molar-refractivity contribution in [3.63, 3.8) is 0 Å². The Morgan fingerprint density at radius 3 is 2.86 bits per heavy atom. The summed E-state index contributed by atoms with van der Waals surface area (Å²) < 4.78 is 5.50. The summed E-state index contributed by atoms with van der Waals surface area (Å²) in [4.78, 5) is 8.80. The number of unbranched alkanes of at least 4 members (excludes halogenated alkanes) is 1. The lowest BCUT2D eigenvalue weighted by molar-refractivity contribution is 0.139. The minimum absolute atomic E-state index is 0.677. The highest BCUT2D eigenvalue weighted by Crippen LogP contribution is 1.93. The highest BCUT2D eigenvalue weighted by atomic mass is 16.5. The van der Waals surface area contributed by atoms with Crippen molar-refractivity contribution >= 4 is 5.96 Å². The highest BCUT2D eigenvalue weighted by molar-refractivity contribution is 5.79. The second-order valence-electron chi connectivity index (χ2n) is 4.72. The highest BCUT2D eigenvalue weighted by Gasteiger charge is 1.98. The lowest BCUT2D eigenvalue weighted by Gasteiger charge is -2.11. The van der Waals surface area contributed by atoms with Gasteiger partial charge in [0.05, 0.1) is 13.2 Å². The Morgan fingerprint density at radius 2 is 2.14 bits per heavy atom. The Balaban J connectivity index is 2.22. The Hall–Kier alpha value is -1.62. The van der Waals surface area contributed by atoms with Crippen LogP contribution in [0.2, 0.25) is 0 Å². The molecule has 0 aliphatic heterocycles. The molecule has 118 valence electrons. The van der Waals surface area contributed by atoms with Crippen molar-refractivity contribution in [3.8, 4) is 0 Å². The van der Waals surface area contributed by atoms with Crippen LogP contribution in [0.1, 0.15) is 32.4 Å². The van der Waals surface area contributed by atoms with Gasteiger partial charge >= 0.3 is 0 Å². The van der Waals surface area contributed by atoms with Gasteiger partial charge < -0.3 is 15.4 Å². The number of nitrogens with zero attached hydrogens (tertiary/aromatic N) is 2. The molecule has 0 aromatic carbocycles. The number of pyridine rings is 1. The van der Waals surface area contributed by atoms with Gasteiger partial charge in [-0.15, -0.1) is 0 Å². The second kappa shape index (κ2) is 12.1. The molecule has 5 nitrogen and oxygen atoms in total. The number of rotatable bonds is 10. The molecule has 0 amide bonds. The van der Waals surface area contributed by atoms with E-state index in [1.54, 1.807) is 0 Å². The van der Waals surface area contributed by atoms with Gasteiger partial charge in [-0.25, -0.2) is 0 Å². The molecule has 5 heteroatoms. The number of hydrogen-bond acceptors (Lipinski definition) is 3. The smallest absolute Gasteiger partial charge is 0.191 e. The monoisotopic (exact) mass is 292 g/mol. The molecule has 0 unspecified atom stereocenters. The first-order valence-corrected chi connectivity index (χ1v) is 7.86. The molecular weight excluding hydrogens is 264 g/mol. The molecule has 0 radical (unpaired) electrons. The van der Waals surface area contributed by atoms with Crippen LogP contribution in [0.15, 0.2) is 29.4 Å². The first kappa shape index (κ1) is 17.4. The third-order valence-electron chi connectivity index (χ3n) is 2.89. The number of ether oxygens (including phenoxy) is 1. The molecule has 1 heterocycles. The van der Waals surface area contributed by atoms with Gasteiger partial charge in [0.1, 0.15) is 0 Å². The number of nitrogens with one attached hydrogen (secondary N) is 2. The molecule has 1 rings (SSSR count). The summed E-state index contributed by atoms with van der Waals surface area (Å²) in [5.74, 6) is 0.840. The topological polar surface area (TPSA) is 58.5 Å². The molecule has 0 aliphatic carbocycles. The first-order valence-electron chi connectivity index (χ1n) is 7.86. The fourth-order valence-corrected chi connectivity index (χ4v) is 1.77. The Kier molecular flexibility index (Phi) is 10.1. The zero-order valence-electron chi connectivity index (χ0n) is 13.3. The Bertz CT molecular complexity index is 381. The van der Waals surface area contributed by atoms with E-state index in [1.807, 2.05) is 24.4 Å². The molecule has 0 saturated heterocycles. The average Bonchev–Trinajstić information content (AvgIpc) is 2.51. The summed E-state index contributed by atoms with van der Waals surface area (Å²) in [6.45, 7) is 8.09. The lowest BCUT2D eigenvalue weighted by Crippen LogP contribution is -2.38. The van der Waals surface area contributed by atoms with Crippen molar-refractivity contribution < 1.29 is 4.74 Å². The number of aromatic nitrogens is 1. The lowest BCUT2D eigenvalue weighted by atomic mass is 10.3. The summed E-state index contributed by atoms with van der Waals surface area (Å²) in [5.41, 5.74) is 1.09. The van der Waals surface area contributed by atoms with E-state index in [0.29, 0.717) is 13.2 Å². The molecule has 0 aliphatic rings. The van der Waals surface area contributed by atoms with Crippen molar-refractivity contribution in [1.29, 1.82) is 0 Å². The van der Waals surface area contributed by atoms with Crippen molar-refractivity contribution in [3.05, 3.63) is 30.1 Å². The fraction of sp³-hybridized carbons (Fsp3) is 0.625. The second-order valence-corrected chi connectivity index (χ2v) is 4.72. The number of aliphatic imine (C=N–C) groups is 1. The van der Waals surface area contributed by atoms with Gasteiger partial charge in [-0.2, -0.15) is 0 Å². The van der Waals surface area contributed by atoms with E-state index in [-0.39, 0.29) is 0 Å². The van der Waals surface area contributed by atoms with Gasteiger partial charge in [-0.1, -0.05) is 19.4 Å². The van der Waals surface area contributed by atoms with E-state index < -0.39 is 0 Å². The van der Waals surface area contributed by atoms with Crippen LogP contribution >= 0.6 is 0 Å². The van der Waals surface area contributed by atoms with E-state index in [9.17, 15) is 0 Å². The van der Waals surface area contributed by atoms with Crippen LogP contribution in [-0.4, -0.2) is 43.8 Å². The van der Waals surface area contributed by atoms with Crippen LogP contribution < -0.4 is 10.6 Å². The van der Waals surface area contributed by atoms with Crippen molar-refractivity contribution in [1.82, 2.24) is 15.6 Å². The maximum atomic E-state index is 5.50. The molecular formula is C16H28N4O. The van der Waals surface area contributed by atoms with Crippen LogP contribution in [0.25, 0.3) is 0 Å². The maximum Gasteiger partial charge on any atom is 0.191 e. The largest absolute Gasteiger partial charge is 0.380 e. The summed E-state index contributed by atoms with van der Waals surface area (Å²) in [5, 5.41) is 6.55. The third-order valence-corrected chi connectivity index (χ3v) is 2.89. The van der Waals surface area contributed by atoms with E-state index in [4.69, 9.17) is 4.74 Å². The summed E-state index contributed by atoms with van der Waals surface area (Å²) >= 11 is 0. The quantitative estimate of drug-likeness (QED) is 0.393. The van der Waals surface area contributed by atoms with Crippen LogP contribution in [0.4, 0.5) is 0 Å². The van der Waals surface area contributed by atoms with E-state index >= 15 is 0 Å². The summed E-state index contributed by atoms with van der Waals surface area (Å²) in [7, 11) is 0. The van der Waals surface area contributed by atoms with Crippen molar-refractivity contribution in [2.24, 2.45) is 4.99 Å². The average molecular weight is 292 g/mol. The molecule has 2 N–H and O–H groups in total. The molecule has 0 saturated carbocycles. The predicted molar refractivity (Wildman–Crippen MR) is 87.6 cm³/mol. The molecule has 21 heavy (non-hydrogen) atoms. The van der Waals surface area contributed by atoms with Gasteiger partial charge in [0.2, 0.25) is 0 Å². The zero-order valence-corrected chi connectivity index (χ0v) is 13.3. The maximum absolute atomic E-state index is 5.50. The fourth-order valence-electron chi connectivity index (χ4n) is 1.77. The summed E-state index contributed by atoms with van der Waals surface area (Å²) in [6.07, 6.45) is 4.99. The Morgan fingerprint density at radius 1 is 1.24 bits per heavy atom. The van der Waals surface area contributed by atoms with Gasteiger partial charge in [-0.3, -0.25) is 9.98 Å². The van der Waals surface area contributed by atoms with Gasteiger partial charge in [0.25, 0.3) is 0 Å². The minimum Gasteiger partial charge on any atom is -0.380 e. The normalized spacial score (nSPS) is 11.4. The Labute approximate surface area is 128 Å². The molecule has 1 aromatic heterocycles. The molecule has 1 aromatic rings. The minimum atomic E-state index is 0.677. The predicted octanol–water partition coefficient (Wildman–Crippen LogP) is 2.00. The molecule has 0 fully saturated rings. The van der Waals surface area contributed by atoms with Crippen LogP contribution in [-0.2, 0) is 11.2 Å². The van der Waals surface area contributed by atoms with Crippen LogP contribution in [0, 0.1) is 0 Å². The first-order chi connectivity index (χ1) is 10.4. The number of hydrogen-bond donors (Lipinski definition) is 2. The van der Waals surface area contributed by atoms with E-state index in [0.717, 1.165) is 44.2 Å². The van der Waals surface area contributed by atoms with Crippen LogP contribution in [0.5, 0.6) is 0 Å². The third kappa shape index (κ3) is 9.02. The standard InChI is InChI=1S/C16H28N4O/c1-3-5-13-21-14-12-20-16(17-4-2)19-11-9-15-8-6-7-10-18-15/h6-8,10H,3-5,9,11-14H2,1-2H3,(H2,17,19,20). The van der Waals surface area contributed by atoms with E-state index in [1.165, 1.54) is 6.42 Å². The van der Waals surface area contributed by atoms with Gasteiger partial charge in [0, 0.05) is 38.0 Å². The molecule has 0 bridgehead atoms. The SMILES string of the molecule is CCCCOCCN=C(NCC)NCCc1ccccn1. The van der Waals surface area contributed by atoms with Crippen molar-refractivity contribution in [2.45, 2.75) is 33.1 Å². The van der Waals surface area contributed by atoms with Crippen molar-refractivity contribution in [2.75, 3.05) is 32.8 Å². The summed E-state index contributed by atoms with van der Waals surface area (Å²) in [6, 6.07) is 5.98. The van der Waals surface area contributed by atoms with Gasteiger partial charge in [-0.05, 0) is 25.5 Å².